The Labute approximate surface area is 197 Å². The quantitative estimate of drug-likeness (QED) is 0.313. The number of esters is 1. The second kappa shape index (κ2) is 9.32. The van der Waals surface area contributed by atoms with Crippen molar-refractivity contribution in [2.75, 3.05) is 11.9 Å². The van der Waals surface area contributed by atoms with Crippen LogP contribution in [0.3, 0.4) is 0 Å². The van der Waals surface area contributed by atoms with E-state index < -0.39 is 18.5 Å². The molecule has 0 aliphatic rings. The molecular formula is C25H17N3O3S2. The lowest BCUT2D eigenvalue weighted by Gasteiger charge is -2.08. The van der Waals surface area contributed by atoms with Gasteiger partial charge in [-0.1, -0.05) is 60.7 Å². The number of hydrogen-bond acceptors (Lipinski definition) is 7. The van der Waals surface area contributed by atoms with E-state index in [4.69, 9.17) is 4.74 Å². The zero-order chi connectivity index (χ0) is 22.6. The molecule has 6 nitrogen and oxygen atoms in total. The van der Waals surface area contributed by atoms with Crippen LogP contribution in [0.15, 0.2) is 84.2 Å². The molecule has 2 heterocycles. The fourth-order valence-corrected chi connectivity index (χ4v) is 5.01. The first-order valence-electron chi connectivity index (χ1n) is 10.1. The van der Waals surface area contributed by atoms with Gasteiger partial charge in [-0.05, 0) is 18.2 Å². The number of nitrogens with zero attached hydrogens (tertiary/aromatic N) is 2. The topological polar surface area (TPSA) is 81.2 Å². The summed E-state index contributed by atoms with van der Waals surface area (Å²) in [5.41, 5.74) is 3.66. The van der Waals surface area contributed by atoms with Gasteiger partial charge in [-0.15, -0.1) is 22.7 Å². The Morgan fingerprint density at radius 3 is 2.48 bits per heavy atom. The van der Waals surface area contributed by atoms with Gasteiger partial charge in [-0.25, -0.2) is 14.8 Å². The molecule has 1 amide bonds. The Balaban J connectivity index is 1.25. The number of fused-ring (bicyclic) bond motifs is 1. The van der Waals surface area contributed by atoms with Crippen LogP contribution in [-0.2, 0) is 9.53 Å². The summed E-state index contributed by atoms with van der Waals surface area (Å²) >= 11 is 2.82. The first-order chi connectivity index (χ1) is 16.2. The molecule has 3 aromatic carbocycles. The molecule has 162 valence electrons. The summed E-state index contributed by atoms with van der Waals surface area (Å²) in [5, 5.41) is 5.73. The van der Waals surface area contributed by atoms with Gasteiger partial charge < -0.3 is 4.74 Å². The minimum Gasteiger partial charge on any atom is -0.452 e. The Morgan fingerprint density at radius 1 is 0.879 bits per heavy atom. The summed E-state index contributed by atoms with van der Waals surface area (Å²) in [6.45, 7) is -0.409. The molecule has 0 fully saturated rings. The average Bonchev–Trinajstić information content (AvgIpc) is 3.50. The molecule has 33 heavy (non-hydrogen) atoms. The lowest BCUT2D eigenvalue weighted by Crippen LogP contribution is -2.21. The Hall–Kier alpha value is -3.88. The Bertz CT molecular complexity index is 1410. The van der Waals surface area contributed by atoms with Crippen LogP contribution in [0.2, 0.25) is 0 Å². The molecular weight excluding hydrogens is 454 g/mol. The van der Waals surface area contributed by atoms with Crippen LogP contribution in [0.5, 0.6) is 0 Å². The van der Waals surface area contributed by atoms with E-state index in [1.165, 1.54) is 22.7 Å². The number of amides is 1. The molecule has 1 N–H and O–H groups in total. The van der Waals surface area contributed by atoms with Gasteiger partial charge >= 0.3 is 5.97 Å². The molecule has 8 heteroatoms. The molecule has 0 bridgehead atoms. The molecule has 0 unspecified atom stereocenters. The highest BCUT2D eigenvalue weighted by molar-refractivity contribution is 7.21. The van der Waals surface area contributed by atoms with Crippen LogP contribution in [0, 0.1) is 0 Å². The van der Waals surface area contributed by atoms with Crippen molar-refractivity contribution in [1.82, 2.24) is 9.97 Å². The molecule has 5 rings (SSSR count). The van der Waals surface area contributed by atoms with Crippen LogP contribution in [0.25, 0.3) is 32.0 Å². The predicted molar refractivity (Wildman–Crippen MR) is 132 cm³/mol. The van der Waals surface area contributed by atoms with Gasteiger partial charge in [0.25, 0.3) is 5.91 Å². The van der Waals surface area contributed by atoms with Crippen molar-refractivity contribution in [3.63, 3.8) is 0 Å². The Kier molecular flexibility index (Phi) is 5.93. The highest BCUT2D eigenvalue weighted by atomic mass is 32.1. The number of nitrogens with one attached hydrogen (secondary N) is 1. The number of rotatable bonds is 6. The monoisotopic (exact) mass is 471 g/mol. The number of carbonyl (C=O) groups is 2. The molecule has 0 spiro atoms. The van der Waals surface area contributed by atoms with Crippen molar-refractivity contribution in [1.29, 1.82) is 0 Å². The average molecular weight is 472 g/mol. The number of para-hydroxylation sites is 1. The van der Waals surface area contributed by atoms with E-state index in [0.717, 1.165) is 26.5 Å². The zero-order valence-corrected chi connectivity index (χ0v) is 18.9. The van der Waals surface area contributed by atoms with E-state index in [0.29, 0.717) is 16.3 Å². The molecule has 2 aromatic heterocycles. The van der Waals surface area contributed by atoms with Crippen LogP contribution in [0.4, 0.5) is 5.13 Å². The van der Waals surface area contributed by atoms with Crippen molar-refractivity contribution in [3.05, 3.63) is 89.8 Å². The molecule has 0 saturated heterocycles. The first kappa shape index (κ1) is 21.0. The van der Waals surface area contributed by atoms with Crippen LogP contribution < -0.4 is 5.32 Å². The fraction of sp³-hybridized carbons (Fsp3) is 0.0400. The Morgan fingerprint density at radius 2 is 1.64 bits per heavy atom. The predicted octanol–water partition coefficient (Wildman–Crippen LogP) is 5.88. The van der Waals surface area contributed by atoms with E-state index in [-0.39, 0.29) is 0 Å². The molecule has 0 saturated carbocycles. The second-order valence-electron chi connectivity index (χ2n) is 7.06. The third kappa shape index (κ3) is 4.67. The number of carbonyl (C=O) groups excluding carboxylic acids is 2. The van der Waals surface area contributed by atoms with Crippen molar-refractivity contribution in [2.24, 2.45) is 0 Å². The SMILES string of the molecule is O=C(COC(=O)c1ccccc1-c1nc2ccccc2s1)Nc1nc(-c2ccccc2)cs1. The number of anilines is 1. The van der Waals surface area contributed by atoms with Crippen molar-refractivity contribution < 1.29 is 14.3 Å². The van der Waals surface area contributed by atoms with Crippen molar-refractivity contribution in [3.8, 4) is 21.8 Å². The van der Waals surface area contributed by atoms with Gasteiger partial charge in [0.2, 0.25) is 0 Å². The normalized spacial score (nSPS) is 10.8. The third-order valence-corrected chi connectivity index (χ3v) is 6.65. The van der Waals surface area contributed by atoms with E-state index in [1.54, 1.807) is 12.1 Å². The minimum absolute atomic E-state index is 0.366. The maximum Gasteiger partial charge on any atom is 0.339 e. The number of ether oxygens (including phenoxy) is 1. The number of thiazole rings is 2. The molecule has 0 aliphatic heterocycles. The molecule has 0 atom stereocenters. The lowest BCUT2D eigenvalue weighted by molar-refractivity contribution is -0.119. The zero-order valence-electron chi connectivity index (χ0n) is 17.2. The molecule has 0 radical (unpaired) electrons. The van der Waals surface area contributed by atoms with Gasteiger partial charge in [0, 0.05) is 16.5 Å². The van der Waals surface area contributed by atoms with E-state index in [1.807, 2.05) is 72.1 Å². The van der Waals surface area contributed by atoms with Crippen molar-refractivity contribution in [2.45, 2.75) is 0 Å². The van der Waals surface area contributed by atoms with E-state index in [2.05, 4.69) is 15.3 Å². The van der Waals surface area contributed by atoms with Crippen LogP contribution in [-0.4, -0.2) is 28.5 Å². The van der Waals surface area contributed by atoms with Crippen LogP contribution >= 0.6 is 22.7 Å². The second-order valence-corrected chi connectivity index (χ2v) is 8.95. The van der Waals surface area contributed by atoms with Gasteiger partial charge in [-0.3, -0.25) is 10.1 Å². The van der Waals surface area contributed by atoms with Gasteiger partial charge in [-0.2, -0.15) is 0 Å². The van der Waals surface area contributed by atoms with Crippen molar-refractivity contribution >= 4 is 49.9 Å². The summed E-state index contributed by atoms with van der Waals surface area (Å²) in [6, 6.07) is 24.6. The van der Waals surface area contributed by atoms with E-state index >= 15 is 0 Å². The lowest BCUT2D eigenvalue weighted by atomic mass is 10.1. The third-order valence-electron chi connectivity index (χ3n) is 4.83. The first-order valence-corrected chi connectivity index (χ1v) is 11.8. The smallest absolute Gasteiger partial charge is 0.339 e. The van der Waals surface area contributed by atoms with Gasteiger partial charge in [0.05, 0.1) is 21.5 Å². The number of benzene rings is 3. The summed E-state index contributed by atoms with van der Waals surface area (Å²) in [5.74, 6) is -1.03. The van der Waals surface area contributed by atoms with Crippen LogP contribution in [0.1, 0.15) is 10.4 Å². The highest BCUT2D eigenvalue weighted by Crippen LogP contribution is 2.32. The summed E-state index contributed by atoms with van der Waals surface area (Å²) in [7, 11) is 0. The molecule has 0 aliphatic carbocycles. The maximum absolute atomic E-state index is 12.8. The van der Waals surface area contributed by atoms with E-state index in [9.17, 15) is 9.59 Å². The summed E-state index contributed by atoms with van der Waals surface area (Å²) in [4.78, 5) is 34.1. The maximum atomic E-state index is 12.8. The summed E-state index contributed by atoms with van der Waals surface area (Å²) < 4.78 is 6.33. The minimum atomic E-state index is -0.580. The number of aromatic nitrogens is 2. The molecule has 5 aromatic rings. The largest absolute Gasteiger partial charge is 0.452 e. The van der Waals surface area contributed by atoms with Gasteiger partial charge in [0.1, 0.15) is 5.01 Å². The standard InChI is InChI=1S/C25H17N3O3S2/c29-22(28-25-27-20(15-32-25)16-8-2-1-3-9-16)14-31-24(30)18-11-5-4-10-17(18)23-26-19-12-6-7-13-21(19)33-23/h1-13,15H,14H2,(H,27,28,29). The fourth-order valence-electron chi connectivity index (χ4n) is 3.27. The summed E-state index contributed by atoms with van der Waals surface area (Å²) in [6.07, 6.45) is 0. The number of hydrogen-bond donors (Lipinski definition) is 1. The highest BCUT2D eigenvalue weighted by Gasteiger charge is 2.18. The van der Waals surface area contributed by atoms with Gasteiger partial charge in [0.15, 0.2) is 11.7 Å².